The topological polar surface area (TPSA) is 75.6 Å². The van der Waals surface area contributed by atoms with Crippen LogP contribution in [0.25, 0.3) is 0 Å². The number of nitrogens with one attached hydrogen (secondary N) is 1. The number of Topliss-reactive ketones (excluding diaryl/α,β-unsaturated/α-hetero) is 1. The van der Waals surface area contributed by atoms with Crippen LogP contribution in [0, 0.1) is 0 Å². The van der Waals surface area contributed by atoms with E-state index in [4.69, 9.17) is 4.74 Å². The van der Waals surface area contributed by atoms with Crippen molar-refractivity contribution in [2.45, 2.75) is 33.3 Å². The van der Waals surface area contributed by atoms with Crippen molar-refractivity contribution >= 4 is 17.6 Å². The van der Waals surface area contributed by atoms with Gasteiger partial charge in [0.2, 0.25) is 0 Å². The minimum Gasteiger partial charge on any atom is -0.506 e. The zero-order valence-corrected chi connectivity index (χ0v) is 10.9. The summed E-state index contributed by atoms with van der Waals surface area (Å²) in [6, 6.07) is 4.24. The molecular weight excluding hydrogens is 234 g/mol. The van der Waals surface area contributed by atoms with E-state index < -0.39 is 11.7 Å². The van der Waals surface area contributed by atoms with Crippen LogP contribution in [0.5, 0.6) is 5.75 Å². The Labute approximate surface area is 106 Å². The highest BCUT2D eigenvalue weighted by atomic mass is 16.6. The van der Waals surface area contributed by atoms with E-state index in [1.807, 2.05) is 0 Å². The van der Waals surface area contributed by atoms with Crippen LogP contribution in [0.2, 0.25) is 0 Å². The van der Waals surface area contributed by atoms with Gasteiger partial charge in [0.1, 0.15) is 11.4 Å². The number of phenolic OH excluding ortho intramolecular Hbond substituents is 1. The Kier molecular flexibility index (Phi) is 3.96. The van der Waals surface area contributed by atoms with Gasteiger partial charge in [0.05, 0.1) is 5.69 Å². The molecule has 0 unspecified atom stereocenters. The predicted molar refractivity (Wildman–Crippen MR) is 68.0 cm³/mol. The Morgan fingerprint density at radius 3 is 2.39 bits per heavy atom. The molecule has 0 radical (unpaired) electrons. The van der Waals surface area contributed by atoms with Gasteiger partial charge in [0, 0.05) is 5.56 Å². The highest BCUT2D eigenvalue weighted by molar-refractivity contribution is 5.97. The van der Waals surface area contributed by atoms with Crippen molar-refractivity contribution in [1.82, 2.24) is 0 Å². The normalized spacial score (nSPS) is 10.9. The van der Waals surface area contributed by atoms with Crippen LogP contribution in [0.15, 0.2) is 18.2 Å². The Morgan fingerprint density at radius 2 is 1.89 bits per heavy atom. The van der Waals surface area contributed by atoms with Gasteiger partial charge in [-0.1, -0.05) is 0 Å². The number of benzene rings is 1. The van der Waals surface area contributed by atoms with Gasteiger partial charge >= 0.3 is 6.09 Å². The Hall–Kier alpha value is -2.04. The highest BCUT2D eigenvalue weighted by Crippen LogP contribution is 2.25. The van der Waals surface area contributed by atoms with Crippen LogP contribution in [-0.4, -0.2) is 22.6 Å². The van der Waals surface area contributed by atoms with Crippen LogP contribution in [0.4, 0.5) is 10.5 Å². The number of hydrogen-bond donors (Lipinski definition) is 2. The van der Waals surface area contributed by atoms with Gasteiger partial charge in [-0.2, -0.15) is 0 Å². The monoisotopic (exact) mass is 251 g/mol. The first-order chi connectivity index (χ1) is 8.19. The molecule has 0 aliphatic rings. The molecule has 0 aromatic heterocycles. The minimum absolute atomic E-state index is 0.120. The van der Waals surface area contributed by atoms with E-state index in [0.29, 0.717) is 5.56 Å². The second kappa shape index (κ2) is 5.08. The van der Waals surface area contributed by atoms with Gasteiger partial charge in [0.25, 0.3) is 0 Å². The number of phenols is 1. The van der Waals surface area contributed by atoms with Crippen molar-refractivity contribution in [2.24, 2.45) is 0 Å². The summed E-state index contributed by atoms with van der Waals surface area (Å²) in [4.78, 5) is 22.7. The highest BCUT2D eigenvalue weighted by Gasteiger charge is 2.17. The molecule has 0 saturated heterocycles. The van der Waals surface area contributed by atoms with Gasteiger partial charge in [-0.15, -0.1) is 0 Å². The quantitative estimate of drug-likeness (QED) is 0.626. The van der Waals surface area contributed by atoms with Crippen LogP contribution in [0.1, 0.15) is 38.1 Å². The summed E-state index contributed by atoms with van der Waals surface area (Å²) in [6.45, 7) is 6.61. The largest absolute Gasteiger partial charge is 0.506 e. The number of ether oxygens (including phenoxy) is 1. The van der Waals surface area contributed by atoms with Crippen molar-refractivity contribution in [2.75, 3.05) is 5.32 Å². The first-order valence-electron chi connectivity index (χ1n) is 5.53. The number of carbonyl (C=O) groups is 2. The van der Waals surface area contributed by atoms with E-state index in [9.17, 15) is 14.7 Å². The lowest BCUT2D eigenvalue weighted by molar-refractivity contribution is 0.0635. The fraction of sp³-hybridized carbons (Fsp3) is 0.385. The molecule has 0 fully saturated rings. The van der Waals surface area contributed by atoms with E-state index >= 15 is 0 Å². The van der Waals surface area contributed by atoms with Crippen LogP contribution >= 0.6 is 0 Å². The molecule has 1 aromatic rings. The number of aromatic hydroxyl groups is 1. The molecule has 0 atom stereocenters. The van der Waals surface area contributed by atoms with E-state index in [-0.39, 0.29) is 17.2 Å². The summed E-state index contributed by atoms with van der Waals surface area (Å²) in [7, 11) is 0. The first kappa shape index (κ1) is 14.0. The third-order valence-electron chi connectivity index (χ3n) is 2.04. The van der Waals surface area contributed by atoms with E-state index in [2.05, 4.69) is 5.32 Å². The maximum Gasteiger partial charge on any atom is 0.412 e. The molecule has 5 nitrogen and oxygen atoms in total. The number of carbonyl (C=O) groups excluding carboxylic acids is 2. The molecule has 0 bridgehead atoms. The number of anilines is 1. The summed E-state index contributed by atoms with van der Waals surface area (Å²) in [5.74, 6) is -0.270. The summed E-state index contributed by atoms with van der Waals surface area (Å²) in [5.41, 5.74) is -0.0754. The lowest BCUT2D eigenvalue weighted by Crippen LogP contribution is -2.27. The van der Waals surface area contributed by atoms with Crippen LogP contribution in [-0.2, 0) is 4.74 Å². The molecule has 98 valence electrons. The summed E-state index contributed by atoms with van der Waals surface area (Å²) >= 11 is 0. The van der Waals surface area contributed by atoms with Crippen molar-refractivity contribution in [3.05, 3.63) is 23.8 Å². The molecule has 0 aliphatic carbocycles. The third kappa shape index (κ3) is 4.08. The standard InChI is InChI=1S/C13H17NO4/c1-8(15)9-5-6-11(16)10(7-9)14-12(17)18-13(2,3)4/h5-7,16H,1-4H3,(H,14,17). The molecule has 0 aliphatic heterocycles. The number of amides is 1. The Morgan fingerprint density at radius 1 is 1.28 bits per heavy atom. The number of hydrogen-bond acceptors (Lipinski definition) is 4. The lowest BCUT2D eigenvalue weighted by atomic mass is 10.1. The van der Waals surface area contributed by atoms with Crippen molar-refractivity contribution in [3.63, 3.8) is 0 Å². The summed E-state index contributed by atoms with van der Waals surface area (Å²) in [5, 5.41) is 12.0. The van der Waals surface area contributed by atoms with E-state index in [1.54, 1.807) is 20.8 Å². The lowest BCUT2D eigenvalue weighted by Gasteiger charge is -2.20. The van der Waals surface area contributed by atoms with Crippen molar-refractivity contribution in [1.29, 1.82) is 0 Å². The van der Waals surface area contributed by atoms with Gasteiger partial charge in [-0.25, -0.2) is 4.79 Å². The molecule has 0 saturated carbocycles. The second-order valence-corrected chi connectivity index (χ2v) is 4.92. The first-order valence-corrected chi connectivity index (χ1v) is 5.53. The molecular formula is C13H17NO4. The Balaban J connectivity index is 2.87. The van der Waals surface area contributed by atoms with Crippen molar-refractivity contribution in [3.8, 4) is 5.75 Å². The Bertz CT molecular complexity index is 474. The summed E-state index contributed by atoms with van der Waals surface area (Å²) in [6.07, 6.45) is -0.682. The zero-order valence-electron chi connectivity index (χ0n) is 10.9. The average molecular weight is 251 g/mol. The molecule has 1 rings (SSSR count). The van der Waals surface area contributed by atoms with Gasteiger partial charge in [0.15, 0.2) is 5.78 Å². The molecule has 1 aromatic carbocycles. The molecule has 18 heavy (non-hydrogen) atoms. The van der Waals surface area contributed by atoms with Gasteiger partial charge in [-0.05, 0) is 45.9 Å². The van der Waals surface area contributed by atoms with Crippen molar-refractivity contribution < 1.29 is 19.4 Å². The van der Waals surface area contributed by atoms with Gasteiger partial charge in [-0.3, -0.25) is 10.1 Å². The average Bonchev–Trinajstić information content (AvgIpc) is 2.18. The smallest absolute Gasteiger partial charge is 0.412 e. The zero-order chi connectivity index (χ0) is 13.9. The maximum absolute atomic E-state index is 11.5. The predicted octanol–water partition coefficient (Wildman–Crippen LogP) is 2.94. The molecule has 0 heterocycles. The molecule has 5 heteroatoms. The van der Waals surface area contributed by atoms with Crippen LogP contribution < -0.4 is 5.32 Å². The maximum atomic E-state index is 11.5. The fourth-order valence-electron chi connectivity index (χ4n) is 1.27. The number of rotatable bonds is 2. The SMILES string of the molecule is CC(=O)c1ccc(O)c(NC(=O)OC(C)(C)C)c1. The second-order valence-electron chi connectivity index (χ2n) is 4.92. The molecule has 2 N–H and O–H groups in total. The molecule has 1 amide bonds. The van der Waals surface area contributed by atoms with Gasteiger partial charge < -0.3 is 9.84 Å². The van der Waals surface area contributed by atoms with E-state index in [0.717, 1.165) is 0 Å². The fourth-order valence-corrected chi connectivity index (χ4v) is 1.27. The minimum atomic E-state index is -0.682. The number of ketones is 1. The van der Waals surface area contributed by atoms with E-state index in [1.165, 1.54) is 25.1 Å². The summed E-state index contributed by atoms with van der Waals surface area (Å²) < 4.78 is 5.05. The van der Waals surface area contributed by atoms with Crippen LogP contribution in [0.3, 0.4) is 0 Å². The molecule has 0 spiro atoms. The third-order valence-corrected chi connectivity index (χ3v) is 2.04.